The van der Waals surface area contributed by atoms with Crippen LogP contribution in [0.15, 0.2) is 0 Å². The zero-order valence-corrected chi connectivity index (χ0v) is 9.87. The lowest BCUT2D eigenvalue weighted by Crippen LogP contribution is -2.38. The molecule has 16 heavy (non-hydrogen) atoms. The van der Waals surface area contributed by atoms with Crippen molar-refractivity contribution in [3.63, 3.8) is 0 Å². The van der Waals surface area contributed by atoms with Crippen LogP contribution >= 0.6 is 0 Å². The third kappa shape index (κ3) is 11.3. The van der Waals surface area contributed by atoms with E-state index in [1.54, 1.807) is 0 Å². The van der Waals surface area contributed by atoms with Gasteiger partial charge < -0.3 is 10.6 Å². The van der Waals surface area contributed by atoms with E-state index >= 15 is 0 Å². The molecule has 0 atom stereocenters. The summed E-state index contributed by atoms with van der Waals surface area (Å²) in [5.41, 5.74) is -0.0910. The lowest BCUT2D eigenvalue weighted by molar-refractivity contribution is -0.135. The number of halogens is 3. The molecule has 96 valence electrons. The molecule has 6 heteroatoms. The predicted molar refractivity (Wildman–Crippen MR) is 56.1 cm³/mol. The van der Waals surface area contributed by atoms with E-state index in [4.69, 9.17) is 0 Å². The Kier molecular flexibility index (Phi) is 5.78. The number of rotatable bonds is 5. The lowest BCUT2D eigenvalue weighted by Gasteiger charge is -2.20. The van der Waals surface area contributed by atoms with E-state index in [1.807, 2.05) is 20.8 Å². The molecule has 0 fully saturated rings. The van der Waals surface area contributed by atoms with Gasteiger partial charge in [0.1, 0.15) is 0 Å². The summed E-state index contributed by atoms with van der Waals surface area (Å²) < 4.78 is 35.3. The quantitative estimate of drug-likeness (QED) is 0.769. The van der Waals surface area contributed by atoms with Gasteiger partial charge in [0.05, 0.1) is 6.42 Å². The van der Waals surface area contributed by atoms with E-state index in [-0.39, 0.29) is 24.4 Å². The second kappa shape index (κ2) is 6.08. The Morgan fingerprint density at radius 3 is 2.12 bits per heavy atom. The highest BCUT2D eigenvalue weighted by atomic mass is 19.4. The largest absolute Gasteiger partial charge is 0.390 e. The highest BCUT2D eigenvalue weighted by Crippen LogP contribution is 2.18. The summed E-state index contributed by atoms with van der Waals surface area (Å²) in [5, 5.41) is 5.30. The molecule has 0 saturated carbocycles. The molecule has 2 N–H and O–H groups in total. The normalized spacial score (nSPS) is 12.6. The van der Waals surface area contributed by atoms with Gasteiger partial charge in [-0.3, -0.25) is 4.79 Å². The molecule has 0 aromatic rings. The first-order valence-electron chi connectivity index (χ1n) is 5.19. The van der Waals surface area contributed by atoms with Crippen molar-refractivity contribution in [2.75, 3.05) is 13.1 Å². The molecule has 1 amide bonds. The van der Waals surface area contributed by atoms with E-state index < -0.39 is 12.6 Å². The van der Waals surface area contributed by atoms with Gasteiger partial charge in [0, 0.05) is 25.0 Å². The number of carbonyl (C=O) groups excluding carboxylic acids is 1. The third-order valence-corrected chi connectivity index (χ3v) is 1.74. The summed E-state index contributed by atoms with van der Waals surface area (Å²) in [4.78, 5) is 11.1. The number of hydrogen-bond donors (Lipinski definition) is 2. The van der Waals surface area contributed by atoms with Crippen molar-refractivity contribution in [2.45, 2.75) is 45.3 Å². The Morgan fingerprint density at radius 1 is 1.12 bits per heavy atom. The van der Waals surface area contributed by atoms with Gasteiger partial charge in [0.2, 0.25) is 5.91 Å². The molecule has 0 bridgehead atoms. The molecule has 0 spiro atoms. The van der Waals surface area contributed by atoms with E-state index in [0.29, 0.717) is 6.54 Å². The number of amides is 1. The number of nitrogens with one attached hydrogen (secondary N) is 2. The first kappa shape index (κ1) is 15.2. The van der Waals surface area contributed by atoms with E-state index in [2.05, 4.69) is 10.6 Å². The molecule has 0 radical (unpaired) electrons. The van der Waals surface area contributed by atoms with Crippen molar-refractivity contribution < 1.29 is 18.0 Å². The molecule has 0 rings (SSSR count). The van der Waals surface area contributed by atoms with Gasteiger partial charge in [-0.25, -0.2) is 0 Å². The maximum Gasteiger partial charge on any atom is 0.390 e. The summed E-state index contributed by atoms with van der Waals surface area (Å²) in [6.07, 6.45) is -5.00. The van der Waals surface area contributed by atoms with E-state index in [1.165, 1.54) is 0 Å². The Bertz CT molecular complexity index is 199. The topological polar surface area (TPSA) is 41.1 Å². The Hall–Kier alpha value is -0.780. The van der Waals surface area contributed by atoms with Crippen molar-refractivity contribution >= 4 is 5.91 Å². The molecule has 0 heterocycles. The first-order chi connectivity index (χ1) is 7.10. The van der Waals surface area contributed by atoms with Crippen LogP contribution in [0.2, 0.25) is 0 Å². The second-order valence-corrected chi connectivity index (χ2v) is 4.64. The Balaban J connectivity index is 3.53. The summed E-state index contributed by atoms with van der Waals surface area (Å²) in [7, 11) is 0. The number of hydrogen-bond acceptors (Lipinski definition) is 2. The Morgan fingerprint density at radius 2 is 1.69 bits per heavy atom. The van der Waals surface area contributed by atoms with Crippen molar-refractivity contribution in [2.24, 2.45) is 0 Å². The van der Waals surface area contributed by atoms with Crippen LogP contribution in [-0.4, -0.2) is 30.7 Å². The van der Waals surface area contributed by atoms with E-state index in [0.717, 1.165) is 0 Å². The SMILES string of the molecule is CC(C)(C)NCCC(=O)NCCC(F)(F)F. The fourth-order valence-electron chi connectivity index (χ4n) is 0.983. The molecule has 3 nitrogen and oxygen atoms in total. The first-order valence-corrected chi connectivity index (χ1v) is 5.19. The van der Waals surface area contributed by atoms with Gasteiger partial charge in [0.25, 0.3) is 0 Å². The van der Waals surface area contributed by atoms with Crippen LogP contribution in [-0.2, 0) is 4.79 Å². The highest BCUT2D eigenvalue weighted by molar-refractivity contribution is 5.76. The number of alkyl halides is 3. The summed E-state index contributed by atoms with van der Waals surface area (Å²) in [6, 6.07) is 0. The zero-order chi connectivity index (χ0) is 12.8. The van der Waals surface area contributed by atoms with Gasteiger partial charge in [-0.2, -0.15) is 13.2 Å². The maximum absolute atomic E-state index is 11.8. The monoisotopic (exact) mass is 240 g/mol. The van der Waals surface area contributed by atoms with Gasteiger partial charge in [-0.15, -0.1) is 0 Å². The summed E-state index contributed by atoms with van der Waals surface area (Å²) in [6.45, 7) is 5.97. The molecule has 0 unspecified atom stereocenters. The standard InChI is InChI=1S/C10H19F3N2O/c1-9(2,3)15-6-4-8(16)14-7-5-10(11,12)13/h15H,4-7H2,1-3H3,(H,14,16). The van der Waals surface area contributed by atoms with Crippen LogP contribution in [0.1, 0.15) is 33.6 Å². The van der Waals surface area contributed by atoms with Crippen LogP contribution in [0.4, 0.5) is 13.2 Å². The third-order valence-electron chi connectivity index (χ3n) is 1.74. The van der Waals surface area contributed by atoms with Crippen LogP contribution in [0, 0.1) is 0 Å². The van der Waals surface area contributed by atoms with Crippen LogP contribution < -0.4 is 10.6 Å². The second-order valence-electron chi connectivity index (χ2n) is 4.64. The van der Waals surface area contributed by atoms with Gasteiger partial charge in [0.15, 0.2) is 0 Å². The van der Waals surface area contributed by atoms with Crippen molar-refractivity contribution in [1.82, 2.24) is 10.6 Å². The fourth-order valence-corrected chi connectivity index (χ4v) is 0.983. The molecule has 0 aromatic carbocycles. The lowest BCUT2D eigenvalue weighted by atomic mass is 10.1. The molecule has 0 saturated heterocycles. The minimum absolute atomic E-state index is 0.0910. The van der Waals surface area contributed by atoms with Crippen molar-refractivity contribution in [3.8, 4) is 0 Å². The average molecular weight is 240 g/mol. The number of carbonyl (C=O) groups is 1. The minimum Gasteiger partial charge on any atom is -0.356 e. The van der Waals surface area contributed by atoms with Gasteiger partial charge >= 0.3 is 6.18 Å². The molecular formula is C10H19F3N2O. The van der Waals surface area contributed by atoms with Crippen LogP contribution in [0.3, 0.4) is 0 Å². The van der Waals surface area contributed by atoms with E-state index in [9.17, 15) is 18.0 Å². The van der Waals surface area contributed by atoms with Crippen molar-refractivity contribution in [1.29, 1.82) is 0 Å². The smallest absolute Gasteiger partial charge is 0.356 e. The minimum atomic E-state index is -4.21. The fraction of sp³-hybridized carbons (Fsp3) is 0.900. The predicted octanol–water partition coefficient (Wildman–Crippen LogP) is 1.83. The Labute approximate surface area is 93.8 Å². The molecule has 0 aliphatic carbocycles. The average Bonchev–Trinajstić information content (AvgIpc) is 1.98. The summed E-state index contributed by atoms with van der Waals surface area (Å²) in [5.74, 6) is -0.360. The molecule has 0 aliphatic rings. The van der Waals surface area contributed by atoms with Gasteiger partial charge in [-0.05, 0) is 20.8 Å². The van der Waals surface area contributed by atoms with Crippen LogP contribution in [0.5, 0.6) is 0 Å². The highest BCUT2D eigenvalue weighted by Gasteiger charge is 2.26. The molecule has 0 aliphatic heterocycles. The van der Waals surface area contributed by atoms with Crippen LogP contribution in [0.25, 0.3) is 0 Å². The van der Waals surface area contributed by atoms with Gasteiger partial charge in [-0.1, -0.05) is 0 Å². The maximum atomic E-state index is 11.8. The zero-order valence-electron chi connectivity index (χ0n) is 9.87. The van der Waals surface area contributed by atoms with Crippen molar-refractivity contribution in [3.05, 3.63) is 0 Å². The molecular weight excluding hydrogens is 221 g/mol. The molecule has 0 aromatic heterocycles. The summed E-state index contributed by atoms with van der Waals surface area (Å²) >= 11 is 0.